The Kier molecular flexibility index (Phi) is 4.73. The number of hydrogen-bond acceptors (Lipinski definition) is 3. The molecule has 1 aromatic rings. The van der Waals surface area contributed by atoms with E-state index in [0.29, 0.717) is 12.2 Å². The second kappa shape index (κ2) is 5.87. The quantitative estimate of drug-likeness (QED) is 0.810. The van der Waals surface area contributed by atoms with Crippen LogP contribution in [0.4, 0.5) is 0 Å². The van der Waals surface area contributed by atoms with Crippen LogP contribution in [0.2, 0.25) is 0 Å². The maximum absolute atomic E-state index is 11.6. The Balaban J connectivity index is 3.14. The topological polar surface area (TPSA) is 72.5 Å². The molecule has 0 spiro atoms. The van der Waals surface area contributed by atoms with Crippen molar-refractivity contribution in [2.24, 2.45) is 17.1 Å². The van der Waals surface area contributed by atoms with Crippen molar-refractivity contribution in [3.63, 3.8) is 0 Å². The Morgan fingerprint density at radius 2 is 2.06 bits per heavy atom. The third kappa shape index (κ3) is 2.64. The molecule has 0 radical (unpaired) electrons. The zero-order valence-corrected chi connectivity index (χ0v) is 11.1. The van der Waals surface area contributed by atoms with Crippen molar-refractivity contribution in [3.8, 4) is 5.75 Å². The average Bonchev–Trinajstić information content (AvgIpc) is 2.35. The maximum Gasteiger partial charge on any atom is 0.311 e. The standard InChI is InChI=1S/C14H21NO3/c1-10(2)14(9-15,13(16)17)8-11-6-4-5-7-12(11)18-3/h4-7,10H,8-9,15H2,1-3H3,(H,16,17). The predicted octanol–water partition coefficient (Wildman–Crippen LogP) is 1.92. The van der Waals surface area contributed by atoms with Gasteiger partial charge in [0.2, 0.25) is 0 Å². The molecule has 0 saturated heterocycles. The maximum atomic E-state index is 11.6. The van der Waals surface area contributed by atoms with E-state index in [9.17, 15) is 9.90 Å². The fraction of sp³-hybridized carbons (Fsp3) is 0.500. The van der Waals surface area contributed by atoms with Crippen LogP contribution in [0.3, 0.4) is 0 Å². The first-order chi connectivity index (χ1) is 8.47. The van der Waals surface area contributed by atoms with Gasteiger partial charge in [0, 0.05) is 6.54 Å². The van der Waals surface area contributed by atoms with E-state index in [2.05, 4.69) is 0 Å². The van der Waals surface area contributed by atoms with Gasteiger partial charge in [-0.1, -0.05) is 32.0 Å². The Morgan fingerprint density at radius 3 is 2.50 bits per heavy atom. The van der Waals surface area contributed by atoms with Crippen LogP contribution in [0.25, 0.3) is 0 Å². The molecule has 100 valence electrons. The van der Waals surface area contributed by atoms with Crippen molar-refractivity contribution in [2.75, 3.05) is 13.7 Å². The summed E-state index contributed by atoms with van der Waals surface area (Å²) < 4.78 is 5.26. The molecule has 0 saturated carbocycles. The minimum Gasteiger partial charge on any atom is -0.496 e. The minimum absolute atomic E-state index is 0.0510. The van der Waals surface area contributed by atoms with E-state index in [1.54, 1.807) is 7.11 Å². The lowest BCUT2D eigenvalue weighted by Crippen LogP contribution is -2.45. The van der Waals surface area contributed by atoms with E-state index in [0.717, 1.165) is 5.56 Å². The summed E-state index contributed by atoms with van der Waals surface area (Å²) in [6.45, 7) is 3.88. The lowest BCUT2D eigenvalue weighted by atomic mass is 9.72. The molecule has 0 aliphatic rings. The summed E-state index contributed by atoms with van der Waals surface area (Å²) in [4.78, 5) is 11.6. The van der Waals surface area contributed by atoms with Crippen molar-refractivity contribution in [1.82, 2.24) is 0 Å². The van der Waals surface area contributed by atoms with Gasteiger partial charge in [0.25, 0.3) is 0 Å². The number of ether oxygens (including phenoxy) is 1. The monoisotopic (exact) mass is 251 g/mol. The summed E-state index contributed by atoms with van der Waals surface area (Å²) in [5.41, 5.74) is 5.65. The Labute approximate surface area is 108 Å². The molecule has 1 aromatic carbocycles. The van der Waals surface area contributed by atoms with Gasteiger partial charge in [-0.15, -0.1) is 0 Å². The molecule has 18 heavy (non-hydrogen) atoms. The first-order valence-electron chi connectivity index (χ1n) is 6.03. The normalized spacial score (nSPS) is 14.3. The van der Waals surface area contributed by atoms with Gasteiger partial charge in [-0.25, -0.2) is 0 Å². The average molecular weight is 251 g/mol. The highest BCUT2D eigenvalue weighted by Gasteiger charge is 2.41. The summed E-state index contributed by atoms with van der Waals surface area (Å²) in [5, 5.41) is 9.50. The number of hydrogen-bond donors (Lipinski definition) is 2. The number of benzene rings is 1. The number of aliphatic carboxylic acids is 1. The van der Waals surface area contributed by atoms with Gasteiger partial charge in [-0.3, -0.25) is 4.79 Å². The summed E-state index contributed by atoms with van der Waals surface area (Å²) in [6, 6.07) is 7.46. The number of para-hydroxylation sites is 1. The second-order valence-electron chi connectivity index (χ2n) is 4.81. The van der Waals surface area contributed by atoms with Gasteiger partial charge in [0.15, 0.2) is 0 Å². The summed E-state index contributed by atoms with van der Waals surface area (Å²) in [7, 11) is 1.58. The van der Waals surface area contributed by atoms with Crippen molar-refractivity contribution in [2.45, 2.75) is 20.3 Å². The van der Waals surface area contributed by atoms with Gasteiger partial charge in [-0.05, 0) is 24.0 Å². The van der Waals surface area contributed by atoms with Crippen LogP contribution in [0, 0.1) is 11.3 Å². The number of methoxy groups -OCH3 is 1. The van der Waals surface area contributed by atoms with Crippen LogP contribution >= 0.6 is 0 Å². The second-order valence-corrected chi connectivity index (χ2v) is 4.81. The van der Waals surface area contributed by atoms with Crippen LogP contribution in [0.1, 0.15) is 19.4 Å². The first-order valence-corrected chi connectivity index (χ1v) is 6.03. The summed E-state index contributed by atoms with van der Waals surface area (Å²) in [5.74, 6) is -0.201. The lowest BCUT2D eigenvalue weighted by Gasteiger charge is -2.32. The fourth-order valence-corrected chi connectivity index (χ4v) is 2.11. The van der Waals surface area contributed by atoms with Crippen LogP contribution in [0.15, 0.2) is 24.3 Å². The summed E-state index contributed by atoms with van der Waals surface area (Å²) in [6.07, 6.45) is 0.376. The van der Waals surface area contributed by atoms with Crippen LogP contribution in [0.5, 0.6) is 5.75 Å². The summed E-state index contributed by atoms with van der Waals surface area (Å²) >= 11 is 0. The molecule has 0 fully saturated rings. The molecule has 0 heterocycles. The molecule has 0 aliphatic heterocycles. The number of carboxylic acids is 1. The Morgan fingerprint density at radius 1 is 1.44 bits per heavy atom. The molecule has 4 heteroatoms. The third-order valence-corrected chi connectivity index (χ3v) is 3.59. The first kappa shape index (κ1) is 14.5. The molecule has 1 rings (SSSR count). The van der Waals surface area contributed by atoms with E-state index in [1.165, 1.54) is 0 Å². The van der Waals surface area contributed by atoms with Crippen LogP contribution in [-0.4, -0.2) is 24.7 Å². The molecule has 3 N–H and O–H groups in total. The molecular weight excluding hydrogens is 230 g/mol. The van der Waals surface area contributed by atoms with Crippen LogP contribution in [-0.2, 0) is 11.2 Å². The zero-order chi connectivity index (χ0) is 13.8. The molecule has 4 nitrogen and oxygen atoms in total. The third-order valence-electron chi connectivity index (χ3n) is 3.59. The SMILES string of the molecule is COc1ccccc1CC(CN)(C(=O)O)C(C)C. The predicted molar refractivity (Wildman–Crippen MR) is 70.7 cm³/mol. The highest BCUT2D eigenvalue weighted by Crippen LogP contribution is 2.34. The lowest BCUT2D eigenvalue weighted by molar-refractivity contribution is -0.151. The minimum atomic E-state index is -0.950. The molecule has 1 atom stereocenters. The molecule has 0 aliphatic carbocycles. The van der Waals surface area contributed by atoms with Gasteiger partial charge in [0.05, 0.1) is 12.5 Å². The smallest absolute Gasteiger partial charge is 0.311 e. The van der Waals surface area contributed by atoms with Crippen molar-refractivity contribution in [1.29, 1.82) is 0 Å². The van der Waals surface area contributed by atoms with E-state index in [-0.39, 0.29) is 12.5 Å². The number of rotatable bonds is 6. The van der Waals surface area contributed by atoms with E-state index < -0.39 is 11.4 Å². The van der Waals surface area contributed by atoms with Gasteiger partial charge >= 0.3 is 5.97 Å². The van der Waals surface area contributed by atoms with Gasteiger partial charge in [-0.2, -0.15) is 0 Å². The van der Waals surface area contributed by atoms with E-state index in [1.807, 2.05) is 38.1 Å². The Bertz CT molecular complexity index is 417. The molecule has 0 amide bonds. The van der Waals surface area contributed by atoms with E-state index in [4.69, 9.17) is 10.5 Å². The largest absolute Gasteiger partial charge is 0.496 e. The van der Waals surface area contributed by atoms with Crippen LogP contribution < -0.4 is 10.5 Å². The fourth-order valence-electron chi connectivity index (χ4n) is 2.11. The highest BCUT2D eigenvalue weighted by atomic mass is 16.5. The molecule has 0 aromatic heterocycles. The zero-order valence-electron chi connectivity index (χ0n) is 11.1. The number of carboxylic acid groups (broad SMARTS) is 1. The Hall–Kier alpha value is -1.55. The highest BCUT2D eigenvalue weighted by molar-refractivity contribution is 5.76. The number of nitrogens with two attached hydrogens (primary N) is 1. The molecule has 1 unspecified atom stereocenters. The molecule has 0 bridgehead atoms. The van der Waals surface area contributed by atoms with Crippen molar-refractivity contribution < 1.29 is 14.6 Å². The van der Waals surface area contributed by atoms with Gasteiger partial charge in [0.1, 0.15) is 5.75 Å². The van der Waals surface area contributed by atoms with Gasteiger partial charge < -0.3 is 15.6 Å². The van der Waals surface area contributed by atoms with Crippen molar-refractivity contribution >= 4 is 5.97 Å². The molecular formula is C14H21NO3. The van der Waals surface area contributed by atoms with E-state index >= 15 is 0 Å². The van der Waals surface area contributed by atoms with Crippen molar-refractivity contribution in [3.05, 3.63) is 29.8 Å². The number of carbonyl (C=O) groups is 1.